The molecule has 0 amide bonds. The fourth-order valence-corrected chi connectivity index (χ4v) is 2.99. The van der Waals surface area contributed by atoms with Gasteiger partial charge >= 0.3 is 0 Å². The molecule has 18 heavy (non-hydrogen) atoms. The van der Waals surface area contributed by atoms with Crippen LogP contribution in [0.3, 0.4) is 0 Å². The van der Waals surface area contributed by atoms with Crippen molar-refractivity contribution in [1.82, 2.24) is 9.71 Å². The third-order valence-corrected chi connectivity index (χ3v) is 4.81. The molecule has 100 valence electrons. The Labute approximate surface area is 112 Å². The number of pyridine rings is 1. The highest BCUT2D eigenvalue weighted by atomic mass is 35.5. The van der Waals surface area contributed by atoms with Crippen LogP contribution in [0.25, 0.3) is 0 Å². The first-order chi connectivity index (χ1) is 8.36. The van der Waals surface area contributed by atoms with Crippen LogP contribution < -0.4 is 10.0 Å². The van der Waals surface area contributed by atoms with E-state index in [0.29, 0.717) is 12.4 Å². The maximum Gasteiger partial charge on any atom is 0.242 e. The molecule has 0 bridgehead atoms. The Bertz CT molecular complexity index is 555. The quantitative estimate of drug-likeness (QED) is 0.868. The van der Waals surface area contributed by atoms with Gasteiger partial charge in [0.25, 0.3) is 0 Å². The number of anilines is 1. The van der Waals surface area contributed by atoms with Crippen LogP contribution >= 0.6 is 11.6 Å². The van der Waals surface area contributed by atoms with Crippen LogP contribution in [0.15, 0.2) is 17.2 Å². The van der Waals surface area contributed by atoms with Crippen molar-refractivity contribution in [3.63, 3.8) is 0 Å². The zero-order valence-corrected chi connectivity index (χ0v) is 11.9. The molecule has 1 aromatic rings. The van der Waals surface area contributed by atoms with Gasteiger partial charge in [0, 0.05) is 19.8 Å². The molecule has 1 saturated carbocycles. The number of nitrogens with zero attached hydrogens (tertiary/aromatic N) is 1. The van der Waals surface area contributed by atoms with E-state index in [-0.39, 0.29) is 15.3 Å². The number of hydrogen-bond donors (Lipinski definition) is 2. The van der Waals surface area contributed by atoms with Crippen LogP contribution in [0.2, 0.25) is 5.02 Å². The monoisotopic (exact) mass is 289 g/mol. The molecule has 0 aromatic carbocycles. The van der Waals surface area contributed by atoms with E-state index < -0.39 is 10.0 Å². The van der Waals surface area contributed by atoms with Gasteiger partial charge in [-0.2, -0.15) is 0 Å². The minimum absolute atomic E-state index is 0.0933. The zero-order chi connectivity index (χ0) is 13.4. The lowest BCUT2D eigenvalue weighted by Gasteiger charge is -2.11. The van der Waals surface area contributed by atoms with Gasteiger partial charge in [0.2, 0.25) is 10.0 Å². The van der Waals surface area contributed by atoms with Crippen LogP contribution in [-0.2, 0) is 10.0 Å². The average molecular weight is 290 g/mol. The van der Waals surface area contributed by atoms with Crippen molar-refractivity contribution in [2.75, 3.05) is 18.9 Å². The van der Waals surface area contributed by atoms with E-state index in [2.05, 4.69) is 21.9 Å². The van der Waals surface area contributed by atoms with Gasteiger partial charge < -0.3 is 5.32 Å². The second kappa shape index (κ2) is 4.68. The molecule has 2 N–H and O–H groups in total. The summed E-state index contributed by atoms with van der Waals surface area (Å²) < 4.78 is 26.7. The standard InChI is InChI=1S/C11H16ClN3O2S/c1-11(3-4-11)7-15-18(16,17)8-5-9(12)10(13-2)14-6-8/h5-6,15H,3-4,7H2,1-2H3,(H,13,14). The molecule has 1 fully saturated rings. The molecule has 1 aromatic heterocycles. The number of sulfonamides is 1. The number of aromatic nitrogens is 1. The summed E-state index contributed by atoms with van der Waals surface area (Å²) in [6.07, 6.45) is 3.43. The average Bonchev–Trinajstić information content (AvgIpc) is 3.06. The summed E-state index contributed by atoms with van der Waals surface area (Å²) in [5, 5.41) is 3.07. The van der Waals surface area contributed by atoms with Crippen molar-refractivity contribution < 1.29 is 8.42 Å². The van der Waals surface area contributed by atoms with E-state index in [1.807, 2.05) is 0 Å². The summed E-state index contributed by atoms with van der Waals surface area (Å²) >= 11 is 5.92. The normalized spacial score (nSPS) is 17.5. The van der Waals surface area contributed by atoms with E-state index >= 15 is 0 Å². The minimum atomic E-state index is -3.53. The highest BCUT2D eigenvalue weighted by Gasteiger charge is 2.38. The summed E-state index contributed by atoms with van der Waals surface area (Å²) in [5.74, 6) is 0.463. The summed E-state index contributed by atoms with van der Waals surface area (Å²) in [7, 11) is -1.85. The topological polar surface area (TPSA) is 71.1 Å². The Morgan fingerprint density at radius 1 is 1.50 bits per heavy atom. The van der Waals surface area contributed by atoms with Crippen LogP contribution in [-0.4, -0.2) is 27.0 Å². The van der Waals surface area contributed by atoms with Gasteiger partial charge in [-0.3, -0.25) is 0 Å². The highest BCUT2D eigenvalue weighted by Crippen LogP contribution is 2.44. The van der Waals surface area contributed by atoms with Crippen molar-refractivity contribution in [2.24, 2.45) is 5.41 Å². The third-order valence-electron chi connectivity index (χ3n) is 3.16. The molecule has 0 spiro atoms. The van der Waals surface area contributed by atoms with Crippen molar-refractivity contribution in [3.8, 4) is 0 Å². The first-order valence-electron chi connectivity index (χ1n) is 5.69. The van der Waals surface area contributed by atoms with Crippen LogP contribution in [0.1, 0.15) is 19.8 Å². The molecule has 0 saturated heterocycles. The van der Waals surface area contributed by atoms with E-state index in [9.17, 15) is 8.42 Å². The highest BCUT2D eigenvalue weighted by molar-refractivity contribution is 7.89. The number of halogens is 1. The van der Waals surface area contributed by atoms with E-state index in [4.69, 9.17) is 11.6 Å². The van der Waals surface area contributed by atoms with Gasteiger partial charge in [-0.25, -0.2) is 18.1 Å². The summed E-state index contributed by atoms with van der Waals surface area (Å²) in [5.41, 5.74) is 0.120. The van der Waals surface area contributed by atoms with Crippen molar-refractivity contribution in [1.29, 1.82) is 0 Å². The first-order valence-corrected chi connectivity index (χ1v) is 7.55. The second-order valence-corrected chi connectivity index (χ2v) is 7.06. The smallest absolute Gasteiger partial charge is 0.242 e. The molecule has 0 aliphatic heterocycles. The van der Waals surface area contributed by atoms with Crippen LogP contribution in [0, 0.1) is 5.41 Å². The van der Waals surface area contributed by atoms with Crippen molar-refractivity contribution in [2.45, 2.75) is 24.7 Å². The Morgan fingerprint density at radius 2 is 2.17 bits per heavy atom. The lowest BCUT2D eigenvalue weighted by atomic mass is 10.2. The van der Waals surface area contributed by atoms with E-state index in [1.165, 1.54) is 12.3 Å². The molecule has 0 unspecified atom stereocenters. The molecule has 1 aliphatic rings. The minimum Gasteiger partial charge on any atom is -0.372 e. The predicted octanol–water partition coefficient (Wildman–Crippen LogP) is 1.86. The van der Waals surface area contributed by atoms with Crippen molar-refractivity contribution in [3.05, 3.63) is 17.3 Å². The Hall–Kier alpha value is -0.850. The fourth-order valence-electron chi connectivity index (χ4n) is 1.49. The Kier molecular flexibility index (Phi) is 3.53. The molecule has 7 heteroatoms. The lowest BCUT2D eigenvalue weighted by molar-refractivity contribution is 0.530. The molecular formula is C11H16ClN3O2S. The summed E-state index contributed by atoms with van der Waals surface area (Å²) in [6, 6.07) is 1.40. The number of nitrogens with one attached hydrogen (secondary N) is 2. The molecular weight excluding hydrogens is 274 g/mol. The van der Waals surface area contributed by atoms with Gasteiger partial charge in [0.1, 0.15) is 10.7 Å². The van der Waals surface area contributed by atoms with Gasteiger partial charge in [0.05, 0.1) is 5.02 Å². The fraction of sp³-hybridized carbons (Fsp3) is 0.545. The summed E-state index contributed by atoms with van der Waals surface area (Å²) in [4.78, 5) is 4.05. The van der Waals surface area contributed by atoms with Gasteiger partial charge in [-0.1, -0.05) is 18.5 Å². The SMILES string of the molecule is CNc1ncc(S(=O)(=O)NCC2(C)CC2)cc1Cl. The molecule has 1 aliphatic carbocycles. The molecule has 1 heterocycles. The number of hydrogen-bond acceptors (Lipinski definition) is 4. The molecule has 2 rings (SSSR count). The van der Waals surface area contributed by atoms with Gasteiger partial charge in [-0.05, 0) is 24.3 Å². The van der Waals surface area contributed by atoms with Gasteiger partial charge in [0.15, 0.2) is 0 Å². The van der Waals surface area contributed by atoms with Crippen molar-refractivity contribution >= 4 is 27.4 Å². The Morgan fingerprint density at radius 3 is 2.67 bits per heavy atom. The van der Waals surface area contributed by atoms with Crippen LogP contribution in [0.4, 0.5) is 5.82 Å². The summed E-state index contributed by atoms with van der Waals surface area (Å²) in [6.45, 7) is 2.52. The van der Waals surface area contributed by atoms with Crippen LogP contribution in [0.5, 0.6) is 0 Å². The largest absolute Gasteiger partial charge is 0.372 e. The Balaban J connectivity index is 2.16. The lowest BCUT2D eigenvalue weighted by Crippen LogP contribution is -2.29. The molecule has 0 atom stereocenters. The van der Waals surface area contributed by atoms with E-state index in [1.54, 1.807) is 7.05 Å². The first kappa shape index (κ1) is 13.6. The third kappa shape index (κ3) is 2.93. The number of rotatable bonds is 5. The molecule has 5 nitrogen and oxygen atoms in total. The van der Waals surface area contributed by atoms with E-state index in [0.717, 1.165) is 12.8 Å². The molecule has 0 radical (unpaired) electrons. The zero-order valence-electron chi connectivity index (χ0n) is 10.3. The second-order valence-electron chi connectivity index (χ2n) is 4.89. The predicted molar refractivity (Wildman–Crippen MR) is 71.3 cm³/mol. The van der Waals surface area contributed by atoms with Gasteiger partial charge in [-0.15, -0.1) is 0 Å². The maximum atomic E-state index is 12.0. The maximum absolute atomic E-state index is 12.0.